The molecule has 1 fully saturated rings. The van der Waals surface area contributed by atoms with Crippen LogP contribution in [0.1, 0.15) is 54.6 Å². The molecule has 0 radical (unpaired) electrons. The molecule has 33 heavy (non-hydrogen) atoms. The lowest BCUT2D eigenvalue weighted by Gasteiger charge is -2.30. The topological polar surface area (TPSA) is 93.0 Å². The number of likely N-dealkylation sites (tertiary alicyclic amines) is 1. The van der Waals surface area contributed by atoms with E-state index in [1.54, 1.807) is 5.38 Å². The van der Waals surface area contributed by atoms with Gasteiger partial charge in [0.2, 0.25) is 5.95 Å². The van der Waals surface area contributed by atoms with Crippen LogP contribution in [0.5, 0.6) is 0 Å². The molecule has 5 rings (SSSR count). The number of para-hydroxylation sites is 2. The van der Waals surface area contributed by atoms with Crippen LogP contribution in [0, 0.1) is 13.8 Å². The van der Waals surface area contributed by atoms with E-state index in [-0.39, 0.29) is 17.7 Å². The van der Waals surface area contributed by atoms with Gasteiger partial charge in [-0.2, -0.15) is 0 Å². The minimum Gasteiger partial charge on any atom is -0.338 e. The Morgan fingerprint density at radius 2 is 1.85 bits per heavy atom. The fraction of sp³-hybridized carbons (Fsp3) is 0.348. The summed E-state index contributed by atoms with van der Waals surface area (Å²) in [6.07, 6.45) is 1.67. The Labute approximate surface area is 199 Å². The fourth-order valence-electron chi connectivity index (χ4n) is 4.21. The van der Waals surface area contributed by atoms with Gasteiger partial charge in [-0.15, -0.1) is 22.7 Å². The average molecular weight is 481 g/mol. The smallest absolute Gasteiger partial charge is 0.277 e. The molecule has 2 amide bonds. The van der Waals surface area contributed by atoms with Crippen molar-refractivity contribution in [2.24, 2.45) is 7.05 Å². The van der Waals surface area contributed by atoms with Gasteiger partial charge < -0.3 is 9.47 Å². The number of nitrogens with zero attached hydrogens (tertiary/aromatic N) is 5. The van der Waals surface area contributed by atoms with E-state index in [4.69, 9.17) is 0 Å². The van der Waals surface area contributed by atoms with Crippen molar-refractivity contribution in [3.8, 4) is 0 Å². The largest absolute Gasteiger partial charge is 0.338 e. The van der Waals surface area contributed by atoms with Crippen LogP contribution >= 0.6 is 22.7 Å². The standard InChI is InChI=1S/C23H24N6O2S2/c1-13-19(33-14(2)24-13)22(31)29-10-8-15(9-11-29)21-25-17(12-32-21)20(30)27-23-26-16-6-4-5-7-18(16)28(23)3/h4-7,12,15H,8-11H2,1-3H3,(H,26,27,30). The van der Waals surface area contributed by atoms with Crippen LogP contribution in [0.4, 0.5) is 5.95 Å². The lowest BCUT2D eigenvalue weighted by Crippen LogP contribution is -2.37. The third-order valence-electron chi connectivity index (χ3n) is 6.00. The van der Waals surface area contributed by atoms with Crippen LogP contribution in [0.15, 0.2) is 29.6 Å². The van der Waals surface area contributed by atoms with Crippen molar-refractivity contribution < 1.29 is 9.59 Å². The van der Waals surface area contributed by atoms with Crippen LogP contribution in [0.3, 0.4) is 0 Å². The van der Waals surface area contributed by atoms with Gasteiger partial charge in [-0.05, 0) is 38.8 Å². The molecule has 1 saturated heterocycles. The molecule has 0 atom stereocenters. The Hall–Kier alpha value is -3.11. The van der Waals surface area contributed by atoms with E-state index in [1.807, 2.05) is 54.6 Å². The predicted octanol–water partition coefficient (Wildman–Crippen LogP) is 4.38. The number of anilines is 1. The van der Waals surface area contributed by atoms with Gasteiger partial charge in [-0.1, -0.05) is 12.1 Å². The van der Waals surface area contributed by atoms with E-state index in [0.29, 0.717) is 24.7 Å². The molecule has 1 aliphatic heterocycles. The first-order chi connectivity index (χ1) is 15.9. The van der Waals surface area contributed by atoms with Gasteiger partial charge in [0.15, 0.2) is 0 Å². The molecule has 1 N–H and O–H groups in total. The predicted molar refractivity (Wildman–Crippen MR) is 130 cm³/mol. The number of hydrogen-bond donors (Lipinski definition) is 1. The fourth-order valence-corrected chi connectivity index (χ4v) is 6.06. The summed E-state index contributed by atoms with van der Waals surface area (Å²) in [6, 6.07) is 7.75. The second kappa shape index (κ2) is 8.68. The number of carbonyl (C=O) groups excluding carboxylic acids is 2. The number of piperidine rings is 1. The molecule has 0 spiro atoms. The molecule has 4 aromatic rings. The summed E-state index contributed by atoms with van der Waals surface area (Å²) in [6.45, 7) is 5.17. The minimum absolute atomic E-state index is 0.0678. The van der Waals surface area contributed by atoms with Gasteiger partial charge in [-0.3, -0.25) is 14.9 Å². The molecule has 0 aliphatic carbocycles. The van der Waals surface area contributed by atoms with E-state index in [2.05, 4.69) is 20.3 Å². The van der Waals surface area contributed by atoms with Crippen molar-refractivity contribution in [2.45, 2.75) is 32.6 Å². The number of thiazole rings is 2. The van der Waals surface area contributed by atoms with E-state index < -0.39 is 0 Å². The summed E-state index contributed by atoms with van der Waals surface area (Å²) in [4.78, 5) is 41.8. The number of fused-ring (bicyclic) bond motifs is 1. The Balaban J connectivity index is 1.23. The lowest BCUT2D eigenvalue weighted by atomic mass is 9.97. The maximum atomic E-state index is 12.9. The molecule has 170 valence electrons. The molecule has 10 heteroatoms. The maximum absolute atomic E-state index is 12.9. The normalized spacial score (nSPS) is 14.7. The van der Waals surface area contributed by atoms with Crippen molar-refractivity contribution in [2.75, 3.05) is 18.4 Å². The number of hydrogen-bond acceptors (Lipinski definition) is 7. The lowest BCUT2D eigenvalue weighted by molar-refractivity contribution is 0.0717. The molecule has 0 unspecified atom stereocenters. The zero-order chi connectivity index (χ0) is 23.1. The van der Waals surface area contributed by atoms with Gasteiger partial charge in [0.25, 0.3) is 11.8 Å². The van der Waals surface area contributed by atoms with Crippen molar-refractivity contribution in [3.63, 3.8) is 0 Å². The third kappa shape index (κ3) is 4.16. The minimum atomic E-state index is -0.264. The second-order valence-electron chi connectivity index (χ2n) is 8.22. The summed E-state index contributed by atoms with van der Waals surface area (Å²) in [5.41, 5.74) is 2.99. The van der Waals surface area contributed by atoms with E-state index in [9.17, 15) is 9.59 Å². The van der Waals surface area contributed by atoms with Gasteiger partial charge in [-0.25, -0.2) is 15.0 Å². The van der Waals surface area contributed by atoms with Crippen LogP contribution in [0.25, 0.3) is 11.0 Å². The zero-order valence-corrected chi connectivity index (χ0v) is 20.3. The first-order valence-electron chi connectivity index (χ1n) is 10.8. The van der Waals surface area contributed by atoms with Gasteiger partial charge in [0, 0.05) is 31.4 Å². The summed E-state index contributed by atoms with van der Waals surface area (Å²) in [5, 5.41) is 6.54. The molecule has 4 heterocycles. The monoisotopic (exact) mass is 480 g/mol. The van der Waals surface area contributed by atoms with Crippen LogP contribution in [-0.2, 0) is 7.05 Å². The zero-order valence-electron chi connectivity index (χ0n) is 18.7. The molecule has 1 aromatic carbocycles. The number of amides is 2. The quantitative estimate of drug-likeness (QED) is 0.468. The van der Waals surface area contributed by atoms with E-state index in [0.717, 1.165) is 44.5 Å². The van der Waals surface area contributed by atoms with Crippen molar-refractivity contribution in [1.82, 2.24) is 24.4 Å². The molecular formula is C23H24N6O2S2. The van der Waals surface area contributed by atoms with E-state index >= 15 is 0 Å². The first-order valence-corrected chi connectivity index (χ1v) is 12.5. The molecular weight excluding hydrogens is 456 g/mol. The highest BCUT2D eigenvalue weighted by atomic mass is 32.1. The van der Waals surface area contributed by atoms with Crippen LogP contribution < -0.4 is 5.32 Å². The Bertz CT molecular complexity index is 1350. The number of benzene rings is 1. The van der Waals surface area contributed by atoms with Crippen LogP contribution in [-0.4, -0.2) is 49.3 Å². The highest BCUT2D eigenvalue weighted by Gasteiger charge is 2.28. The first kappa shape index (κ1) is 21.7. The molecule has 0 saturated carbocycles. The number of aryl methyl sites for hydroxylation is 3. The summed E-state index contributed by atoms with van der Waals surface area (Å²) >= 11 is 2.96. The molecule has 1 aliphatic rings. The number of imidazole rings is 1. The van der Waals surface area contributed by atoms with Crippen molar-refractivity contribution in [3.05, 3.63) is 55.9 Å². The Kier molecular flexibility index (Phi) is 5.71. The van der Waals surface area contributed by atoms with Crippen molar-refractivity contribution in [1.29, 1.82) is 0 Å². The SMILES string of the molecule is Cc1nc(C)c(C(=O)N2CCC(c3nc(C(=O)Nc4nc5ccccc5n4C)cs3)CC2)s1. The van der Waals surface area contributed by atoms with Gasteiger partial charge in [0.1, 0.15) is 10.6 Å². The average Bonchev–Trinajstić information content (AvgIpc) is 3.52. The van der Waals surface area contributed by atoms with Gasteiger partial charge in [0.05, 0.1) is 26.7 Å². The van der Waals surface area contributed by atoms with Crippen LogP contribution in [0.2, 0.25) is 0 Å². The maximum Gasteiger partial charge on any atom is 0.277 e. The highest BCUT2D eigenvalue weighted by molar-refractivity contribution is 7.13. The molecule has 0 bridgehead atoms. The van der Waals surface area contributed by atoms with Crippen molar-refractivity contribution >= 4 is 51.5 Å². The second-order valence-corrected chi connectivity index (χ2v) is 10.3. The number of rotatable bonds is 4. The van der Waals surface area contributed by atoms with E-state index in [1.165, 1.54) is 22.7 Å². The Morgan fingerprint density at radius 1 is 1.09 bits per heavy atom. The molecule has 3 aromatic heterocycles. The number of nitrogens with one attached hydrogen (secondary N) is 1. The number of aromatic nitrogens is 4. The summed E-state index contributed by atoms with van der Waals surface area (Å²) < 4.78 is 1.86. The third-order valence-corrected chi connectivity index (χ3v) is 8.06. The van der Waals surface area contributed by atoms with Gasteiger partial charge >= 0.3 is 0 Å². The highest BCUT2D eigenvalue weighted by Crippen LogP contribution is 2.32. The Morgan fingerprint density at radius 3 is 2.55 bits per heavy atom. The summed E-state index contributed by atoms with van der Waals surface area (Å²) in [7, 11) is 1.88. The molecule has 8 nitrogen and oxygen atoms in total. The number of carbonyl (C=O) groups is 2. The summed E-state index contributed by atoms with van der Waals surface area (Å²) in [5.74, 6) is 0.551.